The number of benzene rings is 3. The molecule has 1 heterocycles. The summed E-state index contributed by atoms with van der Waals surface area (Å²) in [5.74, 6) is 0. The van der Waals surface area contributed by atoms with Gasteiger partial charge in [-0.25, -0.2) is 0 Å². The number of nitrogens with two attached hydrogens (primary N) is 1. The Balaban J connectivity index is 0.000000203. The Morgan fingerprint density at radius 1 is 0.679 bits per heavy atom. The van der Waals surface area contributed by atoms with Crippen LogP contribution in [0.5, 0.6) is 0 Å². The van der Waals surface area contributed by atoms with Gasteiger partial charge in [-0.2, -0.15) is 0 Å². The highest BCUT2D eigenvalue weighted by Crippen LogP contribution is 2.29. The highest BCUT2D eigenvalue weighted by atomic mass is 15.0. The Hall–Kier alpha value is -3.92. The molecule has 0 spiro atoms. The fourth-order valence-electron chi connectivity index (χ4n) is 3.29. The number of aromatic nitrogens is 1. The van der Waals surface area contributed by atoms with Crippen LogP contribution >= 0.6 is 0 Å². The van der Waals surface area contributed by atoms with Gasteiger partial charge in [0.05, 0.1) is 22.6 Å². The largest absolute Gasteiger partial charge is 0.398 e. The minimum atomic E-state index is 0.285. The predicted octanol–water partition coefficient (Wildman–Crippen LogP) is 5.52. The van der Waals surface area contributed by atoms with E-state index in [-0.39, 0.29) is 11.4 Å². The summed E-state index contributed by atoms with van der Waals surface area (Å²) in [5.41, 5.74) is 9.85. The molecule has 0 aliphatic heterocycles. The molecule has 0 atom stereocenters. The molecular formula is C24H20N4. The van der Waals surface area contributed by atoms with Crippen molar-refractivity contribution in [1.29, 1.82) is 10.8 Å². The van der Waals surface area contributed by atoms with Crippen LogP contribution in [0.15, 0.2) is 97.2 Å². The molecule has 0 amide bonds. The molecule has 0 unspecified atom stereocenters. The molecule has 1 aliphatic rings. The Labute approximate surface area is 163 Å². The third kappa shape index (κ3) is 3.23. The van der Waals surface area contributed by atoms with E-state index in [9.17, 15) is 0 Å². The number of para-hydroxylation sites is 1. The quantitative estimate of drug-likeness (QED) is 0.302. The van der Waals surface area contributed by atoms with E-state index in [4.69, 9.17) is 16.6 Å². The summed E-state index contributed by atoms with van der Waals surface area (Å²) in [6.45, 7) is 0. The van der Waals surface area contributed by atoms with Crippen LogP contribution in [-0.2, 0) is 0 Å². The summed E-state index contributed by atoms with van der Waals surface area (Å²) in [5, 5.41) is 17.6. The molecule has 136 valence electrons. The number of nitrogens with one attached hydrogen (secondary N) is 2. The molecule has 4 N–H and O–H groups in total. The van der Waals surface area contributed by atoms with Crippen molar-refractivity contribution in [3.05, 3.63) is 97.2 Å². The van der Waals surface area contributed by atoms with E-state index in [0.29, 0.717) is 0 Å². The number of hydrogen-bond donors (Lipinski definition) is 3. The normalized spacial score (nSPS) is 13.0. The first-order valence-corrected chi connectivity index (χ1v) is 9.01. The molecular weight excluding hydrogens is 344 g/mol. The van der Waals surface area contributed by atoms with E-state index < -0.39 is 0 Å². The zero-order valence-corrected chi connectivity index (χ0v) is 15.3. The van der Waals surface area contributed by atoms with Crippen molar-refractivity contribution in [2.24, 2.45) is 0 Å². The number of fused-ring (bicyclic) bond motifs is 2. The Kier molecular flexibility index (Phi) is 4.60. The summed E-state index contributed by atoms with van der Waals surface area (Å²) in [7, 11) is 0. The Bertz CT molecular complexity index is 1240. The minimum Gasteiger partial charge on any atom is -0.398 e. The van der Waals surface area contributed by atoms with Crippen molar-refractivity contribution >= 4 is 38.8 Å². The van der Waals surface area contributed by atoms with Crippen molar-refractivity contribution in [3.8, 4) is 5.69 Å². The third-order valence-corrected chi connectivity index (χ3v) is 4.72. The molecule has 1 aromatic heterocycles. The highest BCUT2D eigenvalue weighted by Gasteiger charge is 2.07. The molecule has 0 bridgehead atoms. The zero-order chi connectivity index (χ0) is 19.5. The topological polar surface area (TPSA) is 78.7 Å². The van der Waals surface area contributed by atoms with Crippen LogP contribution in [0.1, 0.15) is 0 Å². The lowest BCUT2D eigenvalue weighted by Crippen LogP contribution is -2.06. The summed E-state index contributed by atoms with van der Waals surface area (Å²) in [4.78, 5) is 0. The Morgan fingerprint density at radius 3 is 2.04 bits per heavy atom. The number of allylic oxidation sites excluding steroid dienone is 4. The van der Waals surface area contributed by atoms with Crippen LogP contribution in [0, 0.1) is 10.8 Å². The average Bonchev–Trinajstić information content (AvgIpc) is 3.15. The summed E-state index contributed by atoms with van der Waals surface area (Å²) in [6.07, 6.45) is 8.81. The van der Waals surface area contributed by atoms with Crippen LogP contribution in [0.3, 0.4) is 0 Å². The fraction of sp³-hybridized carbons (Fsp3) is 0. The number of nitrogen functional groups attached to an aromatic ring is 1. The molecule has 4 aromatic rings. The van der Waals surface area contributed by atoms with E-state index in [2.05, 4.69) is 65.4 Å². The predicted molar refractivity (Wildman–Crippen MR) is 119 cm³/mol. The van der Waals surface area contributed by atoms with Gasteiger partial charge < -0.3 is 10.3 Å². The van der Waals surface area contributed by atoms with Gasteiger partial charge in [0.15, 0.2) is 0 Å². The minimum absolute atomic E-state index is 0.285. The lowest BCUT2D eigenvalue weighted by Gasteiger charge is -2.11. The molecule has 4 nitrogen and oxygen atoms in total. The zero-order valence-electron chi connectivity index (χ0n) is 15.3. The van der Waals surface area contributed by atoms with Crippen LogP contribution < -0.4 is 5.73 Å². The van der Waals surface area contributed by atoms with E-state index in [0.717, 1.165) is 16.8 Å². The van der Waals surface area contributed by atoms with Crippen molar-refractivity contribution in [2.45, 2.75) is 0 Å². The molecule has 4 heteroatoms. The van der Waals surface area contributed by atoms with Gasteiger partial charge in [0.1, 0.15) is 0 Å². The van der Waals surface area contributed by atoms with E-state index in [1.807, 2.05) is 12.1 Å². The molecule has 28 heavy (non-hydrogen) atoms. The first kappa shape index (κ1) is 17.5. The molecule has 0 saturated heterocycles. The summed E-state index contributed by atoms with van der Waals surface area (Å²) in [6, 6.07) is 22.9. The van der Waals surface area contributed by atoms with Gasteiger partial charge in [-0.15, -0.1) is 0 Å². The van der Waals surface area contributed by atoms with Crippen molar-refractivity contribution < 1.29 is 0 Å². The molecule has 5 rings (SSSR count). The van der Waals surface area contributed by atoms with Gasteiger partial charge in [-0.1, -0.05) is 54.6 Å². The van der Waals surface area contributed by atoms with E-state index >= 15 is 0 Å². The number of nitrogens with zero attached hydrogens (tertiary/aromatic N) is 1. The van der Waals surface area contributed by atoms with Gasteiger partial charge in [0.2, 0.25) is 0 Å². The van der Waals surface area contributed by atoms with Crippen molar-refractivity contribution in [1.82, 2.24) is 4.57 Å². The Morgan fingerprint density at radius 2 is 1.32 bits per heavy atom. The first-order valence-electron chi connectivity index (χ1n) is 9.01. The number of anilines is 1. The summed E-state index contributed by atoms with van der Waals surface area (Å²) >= 11 is 0. The average molecular weight is 364 g/mol. The third-order valence-electron chi connectivity index (χ3n) is 4.72. The van der Waals surface area contributed by atoms with Gasteiger partial charge in [0.25, 0.3) is 0 Å². The summed E-state index contributed by atoms with van der Waals surface area (Å²) < 4.78 is 2.22. The van der Waals surface area contributed by atoms with Crippen LogP contribution in [0.2, 0.25) is 0 Å². The fourth-order valence-corrected chi connectivity index (χ4v) is 3.29. The number of hydrogen-bond acceptors (Lipinski definition) is 3. The molecule has 3 aromatic carbocycles. The lowest BCUT2D eigenvalue weighted by molar-refractivity contribution is 1.14. The molecule has 0 saturated carbocycles. The van der Waals surface area contributed by atoms with Gasteiger partial charge >= 0.3 is 0 Å². The smallest absolute Gasteiger partial charge is 0.0789 e. The second-order valence-electron chi connectivity index (χ2n) is 6.51. The van der Waals surface area contributed by atoms with Gasteiger partial charge in [-0.05, 0) is 41.8 Å². The highest BCUT2D eigenvalue weighted by molar-refractivity contribution is 6.48. The first-order chi connectivity index (χ1) is 13.6. The monoisotopic (exact) mass is 364 g/mol. The van der Waals surface area contributed by atoms with E-state index in [1.54, 1.807) is 24.3 Å². The number of rotatable bonds is 1. The SMILES string of the molecule is N=C1C=CC=CC1=N.Nc1ccc(-n2ccc3ccccc32)c2ccccc12. The van der Waals surface area contributed by atoms with E-state index in [1.165, 1.54) is 16.3 Å². The van der Waals surface area contributed by atoms with Crippen molar-refractivity contribution in [2.75, 3.05) is 5.73 Å². The second-order valence-corrected chi connectivity index (χ2v) is 6.51. The van der Waals surface area contributed by atoms with Gasteiger partial charge in [-0.3, -0.25) is 10.8 Å². The maximum atomic E-state index is 7.03. The van der Waals surface area contributed by atoms with Crippen LogP contribution in [-0.4, -0.2) is 16.0 Å². The molecule has 0 radical (unpaired) electrons. The van der Waals surface area contributed by atoms with Gasteiger partial charge in [0, 0.05) is 22.7 Å². The lowest BCUT2D eigenvalue weighted by atomic mass is 10.1. The molecule has 0 fully saturated rings. The second kappa shape index (κ2) is 7.37. The molecule has 1 aliphatic carbocycles. The maximum Gasteiger partial charge on any atom is 0.0789 e. The van der Waals surface area contributed by atoms with Crippen LogP contribution in [0.25, 0.3) is 27.4 Å². The van der Waals surface area contributed by atoms with Crippen molar-refractivity contribution in [3.63, 3.8) is 0 Å². The standard InChI is InChI=1S/C18H14N2.C6H6N2/c19-16-9-10-18(15-7-3-2-6-14(15)16)20-12-11-13-5-1-4-8-17(13)20;7-5-3-1-2-4-6(5)8/h1-12H,19H2;1-4,7-8H. The maximum absolute atomic E-state index is 7.03. The van der Waals surface area contributed by atoms with Crippen LogP contribution in [0.4, 0.5) is 5.69 Å².